The van der Waals surface area contributed by atoms with Gasteiger partial charge in [-0.3, -0.25) is 9.69 Å². The van der Waals surface area contributed by atoms with E-state index in [4.69, 9.17) is 4.42 Å². The highest BCUT2D eigenvalue weighted by molar-refractivity contribution is 5.96. The van der Waals surface area contributed by atoms with Crippen molar-refractivity contribution in [2.75, 3.05) is 13.1 Å². The van der Waals surface area contributed by atoms with Gasteiger partial charge in [-0.15, -0.1) is 0 Å². The van der Waals surface area contributed by atoms with Gasteiger partial charge < -0.3 is 9.73 Å². The summed E-state index contributed by atoms with van der Waals surface area (Å²) in [5.41, 5.74) is 0.493. The van der Waals surface area contributed by atoms with Gasteiger partial charge in [0.15, 0.2) is 5.58 Å². The van der Waals surface area contributed by atoms with Crippen molar-refractivity contribution in [1.29, 1.82) is 0 Å². The second kappa shape index (κ2) is 5.77. The summed E-state index contributed by atoms with van der Waals surface area (Å²) in [6.07, 6.45) is -0.0574. The number of halogens is 3. The van der Waals surface area contributed by atoms with Crippen molar-refractivity contribution in [3.8, 4) is 11.8 Å². The Labute approximate surface area is 141 Å². The predicted octanol–water partition coefficient (Wildman–Crippen LogP) is 2.52. The standard InChI is InChI=1S/C17H14F3N3O2/c18-17(19,20)3-1-11-9-25-14-7-21-13(6-12(11)14)16(24)22-15-5-10-2-4-23(15)8-10/h6-7,9-10,15H,2,4-5,8H2,(H,22,24). The second-order valence-electron chi connectivity index (χ2n) is 6.34. The Bertz CT molecular complexity index is 894. The minimum absolute atomic E-state index is 0.00223. The normalized spacial score (nSPS) is 25.0. The van der Waals surface area contributed by atoms with E-state index in [-0.39, 0.29) is 28.9 Å². The van der Waals surface area contributed by atoms with Crippen molar-refractivity contribution in [1.82, 2.24) is 15.2 Å². The van der Waals surface area contributed by atoms with E-state index in [0.29, 0.717) is 11.3 Å². The van der Waals surface area contributed by atoms with Gasteiger partial charge in [0.25, 0.3) is 5.91 Å². The molecule has 4 heterocycles. The van der Waals surface area contributed by atoms with Crippen LogP contribution in [0.1, 0.15) is 28.9 Å². The molecule has 4 rings (SSSR count). The van der Waals surface area contributed by atoms with Crippen LogP contribution in [0.15, 0.2) is 22.9 Å². The number of amides is 1. The summed E-state index contributed by atoms with van der Waals surface area (Å²) >= 11 is 0. The Morgan fingerprint density at radius 1 is 1.44 bits per heavy atom. The van der Waals surface area contributed by atoms with Crippen molar-refractivity contribution in [2.45, 2.75) is 25.2 Å². The number of pyridine rings is 1. The quantitative estimate of drug-likeness (QED) is 0.847. The number of nitrogens with one attached hydrogen (secondary N) is 1. The SMILES string of the molecule is O=C(NC1CC2CCN1C2)c1cc2c(C#CC(F)(F)F)coc2cn1. The molecule has 0 saturated carbocycles. The maximum atomic E-state index is 12.4. The number of nitrogens with zero attached hydrogens (tertiary/aromatic N) is 2. The lowest BCUT2D eigenvalue weighted by molar-refractivity contribution is -0.0696. The first-order chi connectivity index (χ1) is 11.9. The summed E-state index contributed by atoms with van der Waals surface area (Å²) in [7, 11) is 0. The van der Waals surface area contributed by atoms with E-state index in [1.54, 1.807) is 0 Å². The number of hydrogen-bond donors (Lipinski definition) is 1. The largest absolute Gasteiger partial charge is 0.461 e. The fraction of sp³-hybridized carbons (Fsp3) is 0.412. The fourth-order valence-corrected chi connectivity index (χ4v) is 3.47. The molecular weight excluding hydrogens is 335 g/mol. The molecule has 0 aromatic carbocycles. The molecule has 2 saturated heterocycles. The fourth-order valence-electron chi connectivity index (χ4n) is 3.47. The third-order valence-corrected chi connectivity index (χ3v) is 4.65. The highest BCUT2D eigenvalue weighted by Gasteiger charge is 2.38. The molecule has 2 aliphatic heterocycles. The van der Waals surface area contributed by atoms with Gasteiger partial charge in [-0.2, -0.15) is 13.2 Å². The molecule has 2 bridgehead atoms. The van der Waals surface area contributed by atoms with Crippen LogP contribution in [0, 0.1) is 17.8 Å². The molecular formula is C17H14F3N3O2. The molecule has 8 heteroatoms. The third kappa shape index (κ3) is 3.20. The number of carbonyl (C=O) groups is 1. The minimum atomic E-state index is -4.59. The van der Waals surface area contributed by atoms with Gasteiger partial charge in [0.1, 0.15) is 12.0 Å². The van der Waals surface area contributed by atoms with E-state index in [1.807, 2.05) is 5.92 Å². The van der Waals surface area contributed by atoms with Gasteiger partial charge in [0, 0.05) is 24.4 Å². The molecule has 25 heavy (non-hydrogen) atoms. The second-order valence-corrected chi connectivity index (χ2v) is 6.34. The third-order valence-electron chi connectivity index (χ3n) is 4.65. The number of hydrogen-bond acceptors (Lipinski definition) is 4. The van der Waals surface area contributed by atoms with Gasteiger partial charge in [-0.1, -0.05) is 5.92 Å². The van der Waals surface area contributed by atoms with E-state index in [0.717, 1.165) is 32.2 Å². The van der Waals surface area contributed by atoms with Gasteiger partial charge in [-0.05, 0) is 24.8 Å². The number of rotatable bonds is 2. The summed E-state index contributed by atoms with van der Waals surface area (Å²) in [4.78, 5) is 18.7. The van der Waals surface area contributed by atoms with Crippen LogP contribution in [-0.2, 0) is 0 Å². The topological polar surface area (TPSA) is 58.4 Å². The van der Waals surface area contributed by atoms with Gasteiger partial charge in [0.05, 0.1) is 17.9 Å². The molecule has 2 aliphatic rings. The Morgan fingerprint density at radius 2 is 2.28 bits per heavy atom. The van der Waals surface area contributed by atoms with E-state index < -0.39 is 6.18 Å². The summed E-state index contributed by atoms with van der Waals surface area (Å²) in [5, 5.41) is 3.28. The summed E-state index contributed by atoms with van der Waals surface area (Å²) in [6, 6.07) is 1.41. The van der Waals surface area contributed by atoms with Crippen LogP contribution in [0.25, 0.3) is 11.0 Å². The zero-order chi connectivity index (χ0) is 17.6. The van der Waals surface area contributed by atoms with Crippen molar-refractivity contribution in [3.63, 3.8) is 0 Å². The van der Waals surface area contributed by atoms with Crippen molar-refractivity contribution in [2.24, 2.45) is 5.92 Å². The van der Waals surface area contributed by atoms with Gasteiger partial charge in [-0.25, -0.2) is 4.98 Å². The van der Waals surface area contributed by atoms with Crippen LogP contribution >= 0.6 is 0 Å². The van der Waals surface area contributed by atoms with Crippen molar-refractivity contribution >= 4 is 16.9 Å². The molecule has 2 aromatic rings. The van der Waals surface area contributed by atoms with Crippen molar-refractivity contribution < 1.29 is 22.4 Å². The van der Waals surface area contributed by atoms with Crippen LogP contribution in [-0.4, -0.2) is 41.2 Å². The Morgan fingerprint density at radius 3 is 2.96 bits per heavy atom. The molecule has 3 atom stereocenters. The number of piperidine rings is 1. The highest BCUT2D eigenvalue weighted by atomic mass is 19.4. The minimum Gasteiger partial charge on any atom is -0.461 e. The lowest BCUT2D eigenvalue weighted by Gasteiger charge is -2.25. The first-order valence-corrected chi connectivity index (χ1v) is 7.91. The van der Waals surface area contributed by atoms with Crippen molar-refractivity contribution in [3.05, 3.63) is 29.8 Å². The number of aromatic nitrogens is 1. The average molecular weight is 349 g/mol. The maximum Gasteiger partial charge on any atom is 0.458 e. The summed E-state index contributed by atoms with van der Waals surface area (Å²) in [5.74, 6) is 3.51. The molecule has 2 fully saturated rings. The molecule has 130 valence electrons. The maximum absolute atomic E-state index is 12.4. The van der Waals surface area contributed by atoms with Crippen LogP contribution in [0.5, 0.6) is 0 Å². The molecule has 2 aromatic heterocycles. The smallest absolute Gasteiger partial charge is 0.458 e. The summed E-state index contributed by atoms with van der Waals surface area (Å²) < 4.78 is 42.0. The first-order valence-electron chi connectivity index (χ1n) is 7.91. The number of fused-ring (bicyclic) bond motifs is 3. The summed E-state index contributed by atoms with van der Waals surface area (Å²) in [6.45, 7) is 1.97. The lowest BCUT2D eigenvalue weighted by atomic mass is 10.0. The Kier molecular flexibility index (Phi) is 3.69. The zero-order valence-corrected chi connectivity index (χ0v) is 13.1. The van der Waals surface area contributed by atoms with Crippen LogP contribution in [0.3, 0.4) is 0 Å². The van der Waals surface area contributed by atoms with E-state index in [1.165, 1.54) is 18.2 Å². The molecule has 0 radical (unpaired) electrons. The van der Waals surface area contributed by atoms with Crippen LogP contribution in [0.2, 0.25) is 0 Å². The zero-order valence-electron chi connectivity index (χ0n) is 13.1. The van der Waals surface area contributed by atoms with E-state index in [2.05, 4.69) is 15.2 Å². The Balaban J connectivity index is 1.57. The monoisotopic (exact) mass is 349 g/mol. The van der Waals surface area contributed by atoms with Crippen LogP contribution < -0.4 is 5.32 Å². The van der Waals surface area contributed by atoms with E-state index in [9.17, 15) is 18.0 Å². The van der Waals surface area contributed by atoms with Gasteiger partial charge in [0.2, 0.25) is 0 Å². The molecule has 1 N–H and O–H groups in total. The average Bonchev–Trinajstić information content (AvgIpc) is 3.26. The lowest BCUT2D eigenvalue weighted by Crippen LogP contribution is -2.45. The van der Waals surface area contributed by atoms with Crippen LogP contribution in [0.4, 0.5) is 13.2 Å². The van der Waals surface area contributed by atoms with Gasteiger partial charge >= 0.3 is 6.18 Å². The molecule has 0 aliphatic carbocycles. The number of carbonyl (C=O) groups excluding carboxylic acids is 1. The van der Waals surface area contributed by atoms with E-state index >= 15 is 0 Å². The molecule has 5 nitrogen and oxygen atoms in total. The molecule has 1 amide bonds. The predicted molar refractivity (Wildman–Crippen MR) is 82.5 cm³/mol. The molecule has 3 unspecified atom stereocenters. The Hall–Kier alpha value is -2.53. The first kappa shape index (κ1) is 16.0. The highest BCUT2D eigenvalue weighted by Crippen LogP contribution is 2.31. The molecule has 0 spiro atoms. The number of alkyl halides is 3. The number of furan rings is 1.